The van der Waals surface area contributed by atoms with E-state index in [1.165, 1.54) is 23.8 Å². The van der Waals surface area contributed by atoms with Crippen LogP contribution in [0.5, 0.6) is 0 Å². The number of rotatable bonds is 5. The van der Waals surface area contributed by atoms with Crippen molar-refractivity contribution in [2.75, 3.05) is 5.32 Å². The van der Waals surface area contributed by atoms with Gasteiger partial charge in [0, 0.05) is 29.1 Å². The van der Waals surface area contributed by atoms with Crippen LogP contribution in [0.1, 0.15) is 71.8 Å². The minimum absolute atomic E-state index is 0.0290. The molecule has 32 heavy (non-hydrogen) atoms. The van der Waals surface area contributed by atoms with Gasteiger partial charge in [-0.05, 0) is 85.8 Å². The summed E-state index contributed by atoms with van der Waals surface area (Å²) in [7, 11) is 0. The third-order valence-electron chi connectivity index (χ3n) is 8.35. The molecule has 3 unspecified atom stereocenters. The highest BCUT2D eigenvalue weighted by Gasteiger charge is 2.60. The second-order valence-electron chi connectivity index (χ2n) is 11.7. The topological polar surface area (TPSA) is 94.2 Å². The highest BCUT2D eigenvalue weighted by atomic mass is 16.2. The molecular formula is C26H33N3O3. The number of amides is 2. The van der Waals surface area contributed by atoms with E-state index in [4.69, 9.17) is 5.73 Å². The van der Waals surface area contributed by atoms with Crippen LogP contribution in [0.3, 0.4) is 0 Å². The van der Waals surface area contributed by atoms with Crippen LogP contribution in [-0.2, 0) is 9.59 Å². The van der Waals surface area contributed by atoms with Crippen LogP contribution in [-0.4, -0.2) is 16.4 Å². The first-order valence-electron chi connectivity index (χ1n) is 11.7. The number of nitrogens with one attached hydrogen (secondary N) is 1. The van der Waals surface area contributed by atoms with Crippen molar-refractivity contribution in [3.8, 4) is 0 Å². The van der Waals surface area contributed by atoms with Gasteiger partial charge in [-0.3, -0.25) is 14.4 Å². The molecule has 3 atom stereocenters. The Morgan fingerprint density at radius 2 is 1.78 bits per heavy atom. The van der Waals surface area contributed by atoms with Crippen LogP contribution in [0.15, 0.2) is 35.3 Å². The van der Waals surface area contributed by atoms with Gasteiger partial charge in [-0.2, -0.15) is 0 Å². The number of nitrogens with zero attached hydrogens (tertiary/aromatic N) is 1. The molecule has 3 N–H and O–H groups in total. The molecule has 6 rings (SSSR count). The largest absolute Gasteiger partial charge is 0.368 e. The van der Waals surface area contributed by atoms with Crippen molar-refractivity contribution >= 4 is 28.3 Å². The maximum Gasteiger partial charge on any atom is 0.259 e. The van der Waals surface area contributed by atoms with E-state index in [0.29, 0.717) is 33.7 Å². The average molecular weight is 436 g/mol. The lowest BCUT2D eigenvalue weighted by molar-refractivity contribution is -0.153. The molecule has 1 heterocycles. The number of primary amides is 1. The summed E-state index contributed by atoms with van der Waals surface area (Å²) in [5.74, 6) is 0.215. The van der Waals surface area contributed by atoms with Crippen LogP contribution in [0, 0.1) is 22.2 Å². The summed E-state index contributed by atoms with van der Waals surface area (Å²) in [6.45, 7) is 6.45. The Labute approximate surface area is 188 Å². The fourth-order valence-electron chi connectivity index (χ4n) is 8.26. The fourth-order valence-corrected chi connectivity index (χ4v) is 8.26. The van der Waals surface area contributed by atoms with Crippen LogP contribution in [0.4, 0.5) is 5.69 Å². The number of pyridine rings is 1. The molecule has 170 valence electrons. The molecule has 0 spiro atoms. The number of nitrogens with two attached hydrogens (primary N) is 1. The van der Waals surface area contributed by atoms with Gasteiger partial charge in [0.1, 0.15) is 6.04 Å². The van der Waals surface area contributed by atoms with E-state index in [1.807, 2.05) is 6.07 Å². The van der Waals surface area contributed by atoms with E-state index in [-0.39, 0.29) is 16.9 Å². The highest BCUT2D eigenvalue weighted by Crippen LogP contribution is 2.70. The summed E-state index contributed by atoms with van der Waals surface area (Å²) in [5.41, 5.74) is 6.58. The lowest BCUT2D eigenvalue weighted by Crippen LogP contribution is -2.55. The fraction of sp³-hybridized carbons (Fsp3) is 0.577. The lowest BCUT2D eigenvalue weighted by atomic mass is 9.40. The average Bonchev–Trinajstić information content (AvgIpc) is 2.64. The summed E-state index contributed by atoms with van der Waals surface area (Å²) in [6, 6.07) is 6.37. The van der Waals surface area contributed by atoms with Crippen molar-refractivity contribution in [3.63, 3.8) is 0 Å². The number of fused-ring (bicyclic) bond motifs is 1. The number of carbonyl (C=O) groups excluding carboxylic acids is 2. The van der Waals surface area contributed by atoms with Crippen molar-refractivity contribution in [2.45, 2.75) is 71.8 Å². The molecular weight excluding hydrogens is 402 g/mol. The summed E-state index contributed by atoms with van der Waals surface area (Å²) in [5, 5.41) is 4.25. The smallest absolute Gasteiger partial charge is 0.259 e. The van der Waals surface area contributed by atoms with E-state index in [0.717, 1.165) is 25.2 Å². The second-order valence-corrected chi connectivity index (χ2v) is 11.7. The van der Waals surface area contributed by atoms with Gasteiger partial charge in [-0.25, -0.2) is 0 Å². The summed E-state index contributed by atoms with van der Waals surface area (Å²) in [4.78, 5) is 37.7. The van der Waals surface area contributed by atoms with Crippen molar-refractivity contribution in [1.82, 2.24) is 4.57 Å². The minimum atomic E-state index is -0.732. The summed E-state index contributed by atoms with van der Waals surface area (Å²) < 4.78 is 1.34. The van der Waals surface area contributed by atoms with Gasteiger partial charge in [0.25, 0.3) is 5.56 Å². The third-order valence-corrected chi connectivity index (χ3v) is 8.35. The van der Waals surface area contributed by atoms with Gasteiger partial charge >= 0.3 is 0 Å². The maximum atomic E-state index is 13.2. The lowest BCUT2D eigenvalue weighted by Gasteiger charge is -2.65. The number of anilines is 1. The summed E-state index contributed by atoms with van der Waals surface area (Å²) in [6.07, 6.45) is 9.49. The molecule has 4 fully saturated rings. The third kappa shape index (κ3) is 3.44. The SMILES string of the molecule is CC(C(N)=O)n1ccc2c(NC(=O)CC34CC5CC(C)(CC(C)(C5)C3)C4)cccc2c1=O. The van der Waals surface area contributed by atoms with Crippen LogP contribution < -0.4 is 16.6 Å². The molecule has 0 aliphatic heterocycles. The van der Waals surface area contributed by atoms with Crippen LogP contribution in [0.25, 0.3) is 10.8 Å². The maximum absolute atomic E-state index is 13.2. The van der Waals surface area contributed by atoms with Crippen LogP contribution >= 0.6 is 0 Å². The van der Waals surface area contributed by atoms with Crippen molar-refractivity contribution in [1.29, 1.82) is 0 Å². The first kappa shape index (κ1) is 21.2. The normalized spacial score (nSPS) is 33.9. The molecule has 4 saturated carbocycles. The Morgan fingerprint density at radius 1 is 1.09 bits per heavy atom. The molecule has 6 heteroatoms. The van der Waals surface area contributed by atoms with E-state index >= 15 is 0 Å². The zero-order chi connectivity index (χ0) is 22.9. The Hall–Kier alpha value is -2.63. The van der Waals surface area contributed by atoms with Gasteiger partial charge in [-0.1, -0.05) is 19.9 Å². The van der Waals surface area contributed by atoms with Gasteiger partial charge in [0.2, 0.25) is 11.8 Å². The monoisotopic (exact) mass is 435 g/mol. The van der Waals surface area contributed by atoms with Crippen molar-refractivity contribution in [3.05, 3.63) is 40.8 Å². The number of carbonyl (C=O) groups is 2. The Bertz CT molecular complexity index is 1160. The second kappa shape index (κ2) is 6.93. The quantitative estimate of drug-likeness (QED) is 0.730. The van der Waals surface area contributed by atoms with E-state index < -0.39 is 11.9 Å². The zero-order valence-corrected chi connectivity index (χ0v) is 19.2. The van der Waals surface area contributed by atoms with Gasteiger partial charge in [0.05, 0.1) is 0 Å². The van der Waals surface area contributed by atoms with E-state index in [2.05, 4.69) is 19.2 Å². The molecule has 4 bridgehead atoms. The molecule has 4 aliphatic carbocycles. The number of hydrogen-bond acceptors (Lipinski definition) is 3. The Morgan fingerprint density at radius 3 is 2.41 bits per heavy atom. The van der Waals surface area contributed by atoms with Crippen molar-refractivity contribution in [2.24, 2.45) is 27.9 Å². The standard InChI is InChI=1S/C26H33N3O3/c1-16(22(27)31)29-8-7-18-19(23(29)32)5-4-6-20(18)28-21(30)12-26-11-17-9-24(2,14-26)13-25(3,10-17)15-26/h4-8,16-17H,9-15H2,1-3H3,(H2,27,31)(H,28,30). The highest BCUT2D eigenvalue weighted by molar-refractivity contribution is 6.02. The van der Waals surface area contributed by atoms with E-state index in [1.54, 1.807) is 31.3 Å². The van der Waals surface area contributed by atoms with Gasteiger partial charge in [-0.15, -0.1) is 0 Å². The van der Waals surface area contributed by atoms with Crippen LogP contribution in [0.2, 0.25) is 0 Å². The molecule has 6 nitrogen and oxygen atoms in total. The molecule has 0 saturated heterocycles. The zero-order valence-electron chi connectivity index (χ0n) is 19.2. The molecule has 2 aromatic rings. The molecule has 2 amide bonds. The number of aromatic nitrogens is 1. The molecule has 4 aliphatic rings. The Kier molecular flexibility index (Phi) is 4.60. The number of benzene rings is 1. The molecule has 0 radical (unpaired) electrons. The molecule has 1 aromatic heterocycles. The Balaban J connectivity index is 1.41. The van der Waals surface area contributed by atoms with Gasteiger partial charge < -0.3 is 15.6 Å². The van der Waals surface area contributed by atoms with Gasteiger partial charge in [0.15, 0.2) is 0 Å². The first-order chi connectivity index (χ1) is 15.0. The number of hydrogen-bond donors (Lipinski definition) is 2. The predicted octanol–water partition coefficient (Wildman–Crippen LogP) is 4.37. The minimum Gasteiger partial charge on any atom is -0.368 e. The predicted molar refractivity (Wildman–Crippen MR) is 125 cm³/mol. The molecule has 1 aromatic carbocycles. The van der Waals surface area contributed by atoms with E-state index in [9.17, 15) is 14.4 Å². The van der Waals surface area contributed by atoms with Crippen molar-refractivity contribution < 1.29 is 9.59 Å². The summed E-state index contributed by atoms with van der Waals surface area (Å²) >= 11 is 0. The first-order valence-corrected chi connectivity index (χ1v) is 11.7.